The number of hydrogen-bond acceptors (Lipinski definition) is 8. The number of aromatic amines is 1. The Balaban J connectivity index is 1.03. The van der Waals surface area contributed by atoms with Gasteiger partial charge in [-0.1, -0.05) is 32.0 Å². The summed E-state index contributed by atoms with van der Waals surface area (Å²) >= 11 is 0. The second kappa shape index (κ2) is 13.7. The van der Waals surface area contributed by atoms with Gasteiger partial charge < -0.3 is 29.8 Å². The van der Waals surface area contributed by atoms with Crippen LogP contribution in [0.2, 0.25) is 0 Å². The van der Waals surface area contributed by atoms with E-state index in [9.17, 15) is 9.90 Å². The van der Waals surface area contributed by atoms with Gasteiger partial charge in [0.05, 0.1) is 36.8 Å². The number of carbonyl (C=O) groups is 1. The topological polar surface area (TPSA) is 115 Å². The largest absolute Gasteiger partial charge is 0.488 e. The molecule has 0 spiro atoms. The van der Waals surface area contributed by atoms with E-state index in [1.165, 1.54) is 11.1 Å². The van der Waals surface area contributed by atoms with E-state index in [1.54, 1.807) is 7.11 Å². The third-order valence-corrected chi connectivity index (χ3v) is 11.8. The molecule has 272 valence electrons. The molecule has 8 rings (SSSR count). The minimum atomic E-state index is -0.426. The average molecular weight is 703 g/mol. The average Bonchev–Trinajstić information content (AvgIpc) is 3.95. The number of aliphatic hydroxyl groups excluding tert-OH is 1. The van der Waals surface area contributed by atoms with Crippen molar-refractivity contribution >= 4 is 28.1 Å². The Labute approximate surface area is 305 Å². The van der Waals surface area contributed by atoms with Crippen LogP contribution >= 0.6 is 0 Å². The third-order valence-electron chi connectivity index (χ3n) is 11.8. The van der Waals surface area contributed by atoms with Crippen LogP contribution in [0, 0.1) is 11.8 Å². The maximum Gasteiger partial charge on any atom is 0.246 e. The second-order valence-electron chi connectivity index (χ2n) is 15.5. The second-order valence-corrected chi connectivity index (χ2v) is 15.5. The number of nitrogens with zero attached hydrogens (tertiary/aromatic N) is 4. The number of hydrogen-bond donors (Lipinski definition) is 3. The summed E-state index contributed by atoms with van der Waals surface area (Å²) in [7, 11) is 3.70. The van der Waals surface area contributed by atoms with Crippen LogP contribution in [0.3, 0.4) is 0 Å². The van der Waals surface area contributed by atoms with Gasteiger partial charge in [0.15, 0.2) is 5.88 Å². The standard InChI is InChI=1S/C42H50N6O4/c1-23(2)40(44-25(4)51-6)42(50)48-24(3)7-12-37(48)35-18-32-31-19-39-33(17-27(31)9-11-34(32)45-35)30-10-8-28(16-29(30)22-52-39)36-20-43-41(46-36)38-15-26(13-14-49)21-47(38)5/h8-11,16-17,19-20,23-24,26,37-38,40,44,49H,4,7,12-15,18,21-22H2,1-3,5-6H3,(H,43,46)/t24-,26-,37-,38-,40-/m0/s1. The lowest BCUT2D eigenvalue weighted by atomic mass is 9.90. The highest BCUT2D eigenvalue weighted by molar-refractivity contribution is 6.06. The van der Waals surface area contributed by atoms with E-state index >= 15 is 0 Å². The van der Waals surface area contributed by atoms with Gasteiger partial charge in [-0.2, -0.15) is 0 Å². The van der Waals surface area contributed by atoms with Crippen molar-refractivity contribution in [2.45, 2.75) is 83.6 Å². The molecule has 0 unspecified atom stereocenters. The molecule has 0 bridgehead atoms. The smallest absolute Gasteiger partial charge is 0.246 e. The maximum absolute atomic E-state index is 14.0. The van der Waals surface area contributed by atoms with Crippen molar-refractivity contribution in [3.05, 3.63) is 78.1 Å². The number of fused-ring (bicyclic) bond motifs is 6. The lowest BCUT2D eigenvalue weighted by Crippen LogP contribution is -2.54. The van der Waals surface area contributed by atoms with Crippen molar-refractivity contribution in [2.24, 2.45) is 16.8 Å². The van der Waals surface area contributed by atoms with E-state index in [4.69, 9.17) is 19.5 Å². The molecule has 0 aliphatic carbocycles. The van der Waals surface area contributed by atoms with Crippen molar-refractivity contribution in [1.29, 1.82) is 0 Å². The molecule has 0 radical (unpaired) electrons. The number of imidazole rings is 1. The van der Waals surface area contributed by atoms with Crippen molar-refractivity contribution < 1.29 is 19.4 Å². The first kappa shape index (κ1) is 34.4. The van der Waals surface area contributed by atoms with Gasteiger partial charge in [-0.15, -0.1) is 0 Å². The number of aliphatic imine (C=N–C) groups is 1. The molecule has 2 fully saturated rings. The molecule has 3 N–H and O–H groups in total. The maximum atomic E-state index is 14.0. The number of aliphatic hydroxyl groups is 1. The Bertz CT molecular complexity index is 2070. The number of nitrogens with one attached hydrogen (secondary N) is 2. The van der Waals surface area contributed by atoms with Crippen LogP contribution in [-0.4, -0.2) is 81.9 Å². The fraction of sp³-hybridized carbons (Fsp3) is 0.452. The third kappa shape index (κ3) is 6.05. The molecule has 0 saturated carbocycles. The van der Waals surface area contributed by atoms with Crippen molar-refractivity contribution in [1.82, 2.24) is 25.1 Å². The molecule has 52 heavy (non-hydrogen) atoms. The van der Waals surface area contributed by atoms with E-state index < -0.39 is 6.04 Å². The van der Waals surface area contributed by atoms with Gasteiger partial charge in [-0.25, -0.2) is 4.98 Å². The summed E-state index contributed by atoms with van der Waals surface area (Å²) in [6.07, 6.45) is 6.32. The number of methoxy groups -OCH3 is 1. The van der Waals surface area contributed by atoms with E-state index in [2.05, 4.69) is 83.1 Å². The van der Waals surface area contributed by atoms with Gasteiger partial charge >= 0.3 is 0 Å². The van der Waals surface area contributed by atoms with Crippen molar-refractivity contribution in [3.8, 4) is 28.1 Å². The lowest BCUT2D eigenvalue weighted by molar-refractivity contribution is -0.136. The SMILES string of the molecule is C=C(N[C@H](C(=O)N1[C@@H](C)CC[C@H]1C1=Nc2ccc3cc4c(cc3c2C1)OCc1cc(-c2cnc([C@@H]3C[C@H](CCO)CN3C)[nH]2)ccc1-4)C(C)C)OC. The Kier molecular flexibility index (Phi) is 9.07. The highest BCUT2D eigenvalue weighted by Crippen LogP contribution is 2.45. The Morgan fingerprint density at radius 2 is 2.00 bits per heavy atom. The Hall–Kier alpha value is -4.67. The Morgan fingerprint density at radius 3 is 2.79 bits per heavy atom. The number of H-pyrrole nitrogens is 1. The zero-order valence-corrected chi connectivity index (χ0v) is 30.9. The number of aromatic nitrogens is 2. The predicted molar refractivity (Wildman–Crippen MR) is 205 cm³/mol. The summed E-state index contributed by atoms with van der Waals surface area (Å²) in [4.78, 5) is 32.0. The lowest BCUT2D eigenvalue weighted by Gasteiger charge is -2.34. The number of ether oxygens (including phenoxy) is 2. The number of likely N-dealkylation sites (tertiary alicyclic amines) is 2. The fourth-order valence-corrected chi connectivity index (χ4v) is 8.95. The summed E-state index contributed by atoms with van der Waals surface area (Å²) in [6.45, 7) is 11.8. The van der Waals surface area contributed by atoms with Crippen LogP contribution in [0.25, 0.3) is 33.2 Å². The number of rotatable bonds is 10. The van der Waals surface area contributed by atoms with Crippen LogP contribution in [0.4, 0.5) is 5.69 Å². The fourth-order valence-electron chi connectivity index (χ4n) is 8.95. The van der Waals surface area contributed by atoms with Gasteiger partial charge in [0.25, 0.3) is 0 Å². The van der Waals surface area contributed by atoms with Crippen LogP contribution in [0.15, 0.2) is 66.1 Å². The van der Waals surface area contributed by atoms with E-state index in [0.717, 1.165) is 88.4 Å². The van der Waals surface area contributed by atoms with Crippen LogP contribution in [0.5, 0.6) is 5.75 Å². The molecule has 4 aliphatic heterocycles. The Morgan fingerprint density at radius 1 is 1.15 bits per heavy atom. The van der Waals surface area contributed by atoms with E-state index in [-0.39, 0.29) is 36.6 Å². The van der Waals surface area contributed by atoms with Crippen LogP contribution < -0.4 is 10.1 Å². The molecule has 4 aliphatic rings. The van der Waals surface area contributed by atoms with Gasteiger partial charge in [0.1, 0.15) is 24.2 Å². The zero-order chi connectivity index (χ0) is 36.3. The summed E-state index contributed by atoms with van der Waals surface area (Å²) in [5.74, 6) is 2.89. The molecule has 1 aromatic heterocycles. The molecule has 2 saturated heterocycles. The van der Waals surface area contributed by atoms with Gasteiger partial charge in [-0.05, 0) is 115 Å². The van der Waals surface area contributed by atoms with Crippen LogP contribution in [0.1, 0.15) is 69.4 Å². The van der Waals surface area contributed by atoms with E-state index in [1.807, 2.05) is 20.0 Å². The molecular formula is C42H50N6O4. The minimum absolute atomic E-state index is 0.0491. The number of benzene rings is 3. The highest BCUT2D eigenvalue weighted by Gasteiger charge is 2.42. The molecular weight excluding hydrogens is 652 g/mol. The predicted octanol–water partition coefficient (Wildman–Crippen LogP) is 6.90. The summed E-state index contributed by atoms with van der Waals surface area (Å²) < 4.78 is 11.7. The molecule has 3 aromatic carbocycles. The first-order chi connectivity index (χ1) is 25.1. The van der Waals surface area contributed by atoms with Gasteiger partial charge in [0.2, 0.25) is 5.91 Å². The molecule has 5 atom stereocenters. The summed E-state index contributed by atoms with van der Waals surface area (Å²) in [5, 5.41) is 14.9. The first-order valence-electron chi connectivity index (χ1n) is 18.7. The number of carbonyl (C=O) groups excluding carboxylic acids is 1. The molecule has 10 heteroatoms. The first-order valence-corrected chi connectivity index (χ1v) is 18.7. The van der Waals surface area contributed by atoms with Gasteiger partial charge in [-0.3, -0.25) is 14.7 Å². The number of amides is 1. The van der Waals surface area contributed by atoms with Crippen molar-refractivity contribution in [3.63, 3.8) is 0 Å². The molecule has 10 nitrogen and oxygen atoms in total. The summed E-state index contributed by atoms with van der Waals surface area (Å²) in [6, 6.07) is 15.2. The van der Waals surface area contributed by atoms with Gasteiger partial charge in [0, 0.05) is 36.9 Å². The van der Waals surface area contributed by atoms with Crippen molar-refractivity contribution in [2.75, 3.05) is 27.3 Å². The molecule has 1 amide bonds. The molecule has 4 aromatic rings. The minimum Gasteiger partial charge on any atom is -0.488 e. The monoisotopic (exact) mass is 702 g/mol. The van der Waals surface area contributed by atoms with Crippen LogP contribution in [-0.2, 0) is 22.6 Å². The van der Waals surface area contributed by atoms with E-state index in [0.29, 0.717) is 24.8 Å². The quantitative estimate of drug-likeness (QED) is 0.154. The normalized spacial score (nSPS) is 22.9. The highest BCUT2D eigenvalue weighted by atomic mass is 16.5. The summed E-state index contributed by atoms with van der Waals surface area (Å²) in [5.41, 5.74) is 8.75. The molecule has 5 heterocycles. The zero-order valence-electron chi connectivity index (χ0n) is 30.9.